The van der Waals surface area contributed by atoms with E-state index in [2.05, 4.69) is 10.6 Å². The van der Waals surface area contributed by atoms with E-state index in [1.165, 1.54) is 24.3 Å². The van der Waals surface area contributed by atoms with Gasteiger partial charge in [0.25, 0.3) is 5.91 Å². The Bertz CT molecular complexity index is 1300. The summed E-state index contributed by atoms with van der Waals surface area (Å²) in [5.74, 6) is -0.0993. The quantitative estimate of drug-likeness (QED) is 0.495. The van der Waals surface area contributed by atoms with Crippen molar-refractivity contribution in [3.05, 3.63) is 83.4 Å². The zero-order valence-electron chi connectivity index (χ0n) is 18.3. The number of aryl methyl sites for hydroxylation is 2. The fourth-order valence-electron chi connectivity index (χ4n) is 3.24. The number of rotatable bonds is 7. The van der Waals surface area contributed by atoms with Gasteiger partial charge < -0.3 is 14.8 Å². The molecule has 170 valence electrons. The van der Waals surface area contributed by atoms with E-state index in [1.54, 1.807) is 43.3 Å². The van der Waals surface area contributed by atoms with Crippen LogP contribution in [-0.4, -0.2) is 20.2 Å². The minimum atomic E-state index is -3.99. The molecule has 33 heavy (non-hydrogen) atoms. The first-order valence-corrected chi connectivity index (χ1v) is 12.0. The van der Waals surface area contributed by atoms with Crippen molar-refractivity contribution in [3.8, 4) is 5.75 Å². The molecule has 1 fully saturated rings. The molecule has 0 saturated heterocycles. The maximum Gasteiger partial charge on any atom is 0.339 e. The van der Waals surface area contributed by atoms with E-state index < -0.39 is 10.1 Å². The van der Waals surface area contributed by atoms with Crippen molar-refractivity contribution in [2.45, 2.75) is 31.6 Å². The first kappa shape index (κ1) is 22.5. The highest BCUT2D eigenvalue weighted by molar-refractivity contribution is 7.87. The minimum absolute atomic E-state index is 0.0219. The summed E-state index contributed by atoms with van der Waals surface area (Å²) in [6.45, 7) is 3.51. The number of anilines is 2. The summed E-state index contributed by atoms with van der Waals surface area (Å²) in [6.07, 6.45) is 1.86. The van der Waals surface area contributed by atoms with Crippen LogP contribution in [0.3, 0.4) is 0 Å². The van der Waals surface area contributed by atoms with Crippen LogP contribution in [0.5, 0.6) is 5.75 Å². The lowest BCUT2D eigenvalue weighted by atomic mass is 10.2. The average molecular weight is 465 g/mol. The molecule has 2 amide bonds. The van der Waals surface area contributed by atoms with Crippen molar-refractivity contribution in [2.24, 2.45) is 5.92 Å². The van der Waals surface area contributed by atoms with Crippen LogP contribution in [0, 0.1) is 19.8 Å². The standard InChI is InChI=1S/C25H24N2O5S/c1-16-3-4-17(2)23(15-16)33(30,31)32-22-13-7-19(8-14-22)25(29)27-21-11-9-20(10-12-21)26-24(28)18-5-6-18/h3-4,7-15,18H,5-6H2,1-2H3,(H,26,28)(H,27,29). The monoisotopic (exact) mass is 464 g/mol. The van der Waals surface area contributed by atoms with Gasteiger partial charge in [-0.15, -0.1) is 0 Å². The van der Waals surface area contributed by atoms with Crippen LogP contribution in [0.2, 0.25) is 0 Å². The molecule has 0 atom stereocenters. The number of carbonyl (C=O) groups is 2. The molecule has 2 N–H and O–H groups in total. The molecule has 0 aliphatic heterocycles. The smallest absolute Gasteiger partial charge is 0.339 e. The molecule has 0 heterocycles. The van der Waals surface area contributed by atoms with E-state index in [4.69, 9.17) is 4.18 Å². The van der Waals surface area contributed by atoms with Gasteiger partial charge in [-0.3, -0.25) is 9.59 Å². The molecule has 1 aliphatic carbocycles. The molecule has 4 rings (SSSR count). The second-order valence-corrected chi connectivity index (χ2v) is 9.64. The van der Waals surface area contributed by atoms with E-state index >= 15 is 0 Å². The van der Waals surface area contributed by atoms with Crippen molar-refractivity contribution in [1.29, 1.82) is 0 Å². The average Bonchev–Trinajstić information content (AvgIpc) is 3.62. The first-order valence-electron chi connectivity index (χ1n) is 10.6. The second-order valence-electron chi connectivity index (χ2n) is 8.13. The molecule has 3 aromatic carbocycles. The van der Waals surface area contributed by atoms with Gasteiger partial charge in [0.15, 0.2) is 0 Å². The summed E-state index contributed by atoms with van der Waals surface area (Å²) < 4.78 is 30.5. The lowest BCUT2D eigenvalue weighted by molar-refractivity contribution is -0.117. The fraction of sp³-hybridized carbons (Fsp3) is 0.200. The number of benzene rings is 3. The van der Waals surface area contributed by atoms with Crippen molar-refractivity contribution >= 4 is 33.3 Å². The molecule has 1 saturated carbocycles. The molecule has 3 aromatic rings. The van der Waals surface area contributed by atoms with Crippen molar-refractivity contribution < 1.29 is 22.2 Å². The highest BCUT2D eigenvalue weighted by atomic mass is 32.2. The van der Waals surface area contributed by atoms with Crippen LogP contribution in [0.1, 0.15) is 34.3 Å². The Morgan fingerprint density at radius 1 is 0.848 bits per heavy atom. The molecule has 0 spiro atoms. The van der Waals surface area contributed by atoms with Crippen LogP contribution in [-0.2, 0) is 14.9 Å². The first-order chi connectivity index (χ1) is 15.7. The van der Waals surface area contributed by atoms with Gasteiger partial charge in [0.1, 0.15) is 10.6 Å². The molecule has 8 heteroatoms. The fourth-order valence-corrected chi connectivity index (χ4v) is 4.49. The second kappa shape index (κ2) is 9.07. The van der Waals surface area contributed by atoms with E-state index in [9.17, 15) is 18.0 Å². The molecule has 0 aromatic heterocycles. The minimum Gasteiger partial charge on any atom is -0.379 e. The highest BCUT2D eigenvalue weighted by Gasteiger charge is 2.29. The van der Waals surface area contributed by atoms with Crippen LogP contribution < -0.4 is 14.8 Å². The van der Waals surface area contributed by atoms with Gasteiger partial charge >= 0.3 is 10.1 Å². The van der Waals surface area contributed by atoms with Crippen LogP contribution in [0.25, 0.3) is 0 Å². The van der Waals surface area contributed by atoms with E-state index in [0.717, 1.165) is 18.4 Å². The van der Waals surface area contributed by atoms with Gasteiger partial charge in [0.05, 0.1) is 0 Å². The molecule has 0 bridgehead atoms. The Hall–Kier alpha value is -3.65. The Morgan fingerprint density at radius 3 is 2.06 bits per heavy atom. The third-order valence-corrected chi connectivity index (χ3v) is 6.68. The number of hydrogen-bond acceptors (Lipinski definition) is 5. The number of nitrogens with one attached hydrogen (secondary N) is 2. The SMILES string of the molecule is Cc1ccc(C)c(S(=O)(=O)Oc2ccc(C(=O)Nc3ccc(NC(=O)C4CC4)cc3)cc2)c1. The van der Waals surface area contributed by atoms with Gasteiger partial charge in [-0.05, 0) is 92.4 Å². The normalized spacial score (nSPS) is 13.3. The summed E-state index contributed by atoms with van der Waals surface area (Å²) >= 11 is 0. The Kier molecular flexibility index (Phi) is 6.20. The largest absolute Gasteiger partial charge is 0.379 e. The van der Waals surface area contributed by atoms with Crippen LogP contribution >= 0.6 is 0 Å². The van der Waals surface area contributed by atoms with Gasteiger partial charge in [0.2, 0.25) is 5.91 Å². The van der Waals surface area contributed by atoms with Gasteiger partial charge in [-0.1, -0.05) is 12.1 Å². The third kappa shape index (κ3) is 5.59. The van der Waals surface area contributed by atoms with Gasteiger partial charge in [-0.2, -0.15) is 8.42 Å². The molecular weight excluding hydrogens is 440 g/mol. The molecule has 0 unspecified atom stereocenters. The third-order valence-electron chi connectivity index (χ3n) is 5.29. The van der Waals surface area contributed by atoms with Crippen LogP contribution in [0.4, 0.5) is 11.4 Å². The Labute approximate surface area is 192 Å². The number of hydrogen-bond donors (Lipinski definition) is 2. The lowest BCUT2D eigenvalue weighted by Gasteiger charge is -2.11. The molecule has 7 nitrogen and oxygen atoms in total. The summed E-state index contributed by atoms with van der Waals surface area (Å²) in [5.41, 5.74) is 3.00. The summed E-state index contributed by atoms with van der Waals surface area (Å²) in [4.78, 5) is 24.5. The molecule has 0 radical (unpaired) electrons. The van der Waals surface area contributed by atoms with Crippen molar-refractivity contribution in [1.82, 2.24) is 0 Å². The topological polar surface area (TPSA) is 102 Å². The van der Waals surface area contributed by atoms with Crippen LogP contribution in [0.15, 0.2) is 71.6 Å². The van der Waals surface area contributed by atoms with Crippen molar-refractivity contribution in [3.63, 3.8) is 0 Å². The summed E-state index contributed by atoms with van der Waals surface area (Å²) in [6, 6.07) is 17.9. The zero-order chi connectivity index (χ0) is 23.6. The maximum atomic E-state index is 12.6. The van der Waals surface area contributed by atoms with Gasteiger partial charge in [-0.25, -0.2) is 0 Å². The molecular formula is C25H24N2O5S. The predicted molar refractivity (Wildman–Crippen MR) is 126 cm³/mol. The molecule has 1 aliphatic rings. The van der Waals surface area contributed by atoms with E-state index in [-0.39, 0.29) is 28.4 Å². The Balaban J connectivity index is 1.39. The van der Waals surface area contributed by atoms with Gasteiger partial charge in [0, 0.05) is 22.9 Å². The Morgan fingerprint density at radius 2 is 1.45 bits per heavy atom. The number of carbonyl (C=O) groups excluding carboxylic acids is 2. The number of amides is 2. The highest BCUT2D eigenvalue weighted by Crippen LogP contribution is 2.30. The van der Waals surface area contributed by atoms with E-state index in [0.29, 0.717) is 22.5 Å². The zero-order valence-corrected chi connectivity index (χ0v) is 19.1. The lowest BCUT2D eigenvalue weighted by Crippen LogP contribution is -2.14. The maximum absolute atomic E-state index is 12.6. The van der Waals surface area contributed by atoms with E-state index in [1.807, 2.05) is 13.0 Å². The predicted octanol–water partition coefficient (Wildman–Crippen LogP) is 4.67. The summed E-state index contributed by atoms with van der Waals surface area (Å²) in [7, 11) is -3.99. The summed E-state index contributed by atoms with van der Waals surface area (Å²) in [5, 5.41) is 5.61. The van der Waals surface area contributed by atoms with Crippen molar-refractivity contribution in [2.75, 3.05) is 10.6 Å².